The predicted molar refractivity (Wildman–Crippen MR) is 81.2 cm³/mol. The summed E-state index contributed by atoms with van der Waals surface area (Å²) < 4.78 is 40.2. The molecule has 0 radical (unpaired) electrons. The monoisotopic (exact) mass is 413 g/mol. The van der Waals surface area contributed by atoms with Crippen LogP contribution in [0.15, 0.2) is 32.3 Å². The second-order valence-electron chi connectivity index (χ2n) is 3.79. The maximum Gasteiger partial charge on any atom is 0.338 e. The summed E-state index contributed by atoms with van der Waals surface area (Å²) >= 11 is 9.76. The Morgan fingerprint density at radius 3 is 2.52 bits per heavy atom. The lowest BCUT2D eigenvalue weighted by molar-refractivity contribution is 0.0692. The number of anilines is 1. The molecule has 0 saturated carbocycles. The highest BCUT2D eigenvalue weighted by Gasteiger charge is 2.20. The first-order chi connectivity index (χ1) is 9.70. The van der Waals surface area contributed by atoms with Gasteiger partial charge in [-0.05, 0) is 40.2 Å². The lowest BCUT2D eigenvalue weighted by Gasteiger charge is -2.07. The van der Waals surface area contributed by atoms with Crippen molar-refractivity contribution in [2.24, 2.45) is 0 Å². The normalized spacial score (nSPS) is 11.4. The standard InChI is InChI=1S/C11H6BrClFNO4S2/c12-10-7(13)4-9(20-10)21(18,19)15-5-1-2-6(11(16)17)8(14)3-5/h1-4,15H,(H,16,17). The van der Waals surface area contributed by atoms with Crippen molar-refractivity contribution in [2.45, 2.75) is 4.21 Å². The summed E-state index contributed by atoms with van der Waals surface area (Å²) in [5.41, 5.74) is -0.627. The number of hydrogen-bond donors (Lipinski definition) is 2. The van der Waals surface area contributed by atoms with Crippen molar-refractivity contribution in [3.05, 3.63) is 44.5 Å². The van der Waals surface area contributed by atoms with Gasteiger partial charge in [0, 0.05) is 0 Å². The van der Waals surface area contributed by atoms with Crippen molar-refractivity contribution in [1.29, 1.82) is 0 Å². The molecule has 0 aliphatic rings. The Balaban J connectivity index is 2.33. The molecule has 0 amide bonds. The number of carbonyl (C=O) groups is 1. The van der Waals surface area contributed by atoms with Gasteiger partial charge in [0.15, 0.2) is 0 Å². The van der Waals surface area contributed by atoms with E-state index in [0.717, 1.165) is 29.5 Å². The van der Waals surface area contributed by atoms with E-state index in [4.69, 9.17) is 16.7 Å². The third-order valence-corrected chi connectivity index (χ3v) is 6.67. The minimum absolute atomic E-state index is 0.0536. The predicted octanol–water partition coefficient (Wildman–Crippen LogP) is 3.80. The second-order valence-corrected chi connectivity index (χ2v) is 8.48. The first kappa shape index (κ1) is 16.2. The Hall–Kier alpha value is -1.16. The van der Waals surface area contributed by atoms with Crippen LogP contribution >= 0.6 is 38.9 Å². The molecule has 21 heavy (non-hydrogen) atoms. The number of rotatable bonds is 4. The van der Waals surface area contributed by atoms with Crippen LogP contribution in [0.4, 0.5) is 10.1 Å². The molecule has 112 valence electrons. The molecule has 5 nitrogen and oxygen atoms in total. The van der Waals surface area contributed by atoms with Crippen LogP contribution in [0, 0.1) is 5.82 Å². The van der Waals surface area contributed by atoms with Gasteiger partial charge in [-0.1, -0.05) is 11.6 Å². The van der Waals surface area contributed by atoms with Crippen LogP contribution in [0.25, 0.3) is 0 Å². The number of sulfonamides is 1. The minimum atomic E-state index is -3.92. The number of benzene rings is 1. The van der Waals surface area contributed by atoms with Gasteiger partial charge in [0.1, 0.15) is 10.0 Å². The number of carboxylic acids is 1. The highest BCUT2D eigenvalue weighted by molar-refractivity contribution is 9.11. The number of hydrogen-bond acceptors (Lipinski definition) is 4. The Kier molecular flexibility index (Phi) is 4.57. The number of nitrogens with one attached hydrogen (secondary N) is 1. The molecular formula is C11H6BrClFNO4S2. The summed E-state index contributed by atoms with van der Waals surface area (Å²) in [5, 5.41) is 8.95. The van der Waals surface area contributed by atoms with Crippen LogP contribution in [0.3, 0.4) is 0 Å². The van der Waals surface area contributed by atoms with Gasteiger partial charge in [-0.3, -0.25) is 4.72 Å². The molecule has 0 unspecified atom stereocenters. The molecule has 0 spiro atoms. The molecule has 0 aliphatic heterocycles. The Labute approximate surface area is 136 Å². The number of carboxylic acid groups (broad SMARTS) is 1. The Bertz CT molecular complexity index is 802. The van der Waals surface area contributed by atoms with E-state index >= 15 is 0 Å². The molecule has 0 saturated heterocycles. The molecule has 1 aromatic heterocycles. The molecule has 10 heteroatoms. The second kappa shape index (κ2) is 5.91. The van der Waals surface area contributed by atoms with Crippen LogP contribution in [-0.4, -0.2) is 19.5 Å². The van der Waals surface area contributed by atoms with E-state index in [1.54, 1.807) is 0 Å². The van der Waals surface area contributed by atoms with Gasteiger partial charge in [0.25, 0.3) is 10.0 Å². The summed E-state index contributed by atoms with van der Waals surface area (Å²) in [4.78, 5) is 10.7. The van der Waals surface area contributed by atoms with Crippen molar-refractivity contribution < 1.29 is 22.7 Å². The van der Waals surface area contributed by atoms with Gasteiger partial charge in [0.05, 0.1) is 20.1 Å². The van der Waals surface area contributed by atoms with Gasteiger partial charge in [-0.15, -0.1) is 11.3 Å². The van der Waals surface area contributed by atoms with Gasteiger partial charge < -0.3 is 5.11 Å². The SMILES string of the molecule is O=C(O)c1ccc(NS(=O)(=O)c2cc(Cl)c(Br)s2)cc1F. The molecule has 2 aromatic rings. The van der Waals surface area contributed by atoms with E-state index in [1.165, 1.54) is 6.07 Å². The Morgan fingerprint density at radius 1 is 1.38 bits per heavy atom. The van der Waals surface area contributed by atoms with E-state index in [9.17, 15) is 17.6 Å². The van der Waals surface area contributed by atoms with E-state index in [0.29, 0.717) is 3.79 Å². The molecule has 0 fully saturated rings. The van der Waals surface area contributed by atoms with Crippen LogP contribution < -0.4 is 4.72 Å². The average Bonchev–Trinajstić information content (AvgIpc) is 2.69. The average molecular weight is 415 g/mol. The number of halogens is 3. The summed E-state index contributed by atoms with van der Waals surface area (Å²) in [6, 6.07) is 4.19. The number of aromatic carboxylic acids is 1. The first-order valence-corrected chi connectivity index (χ1v) is 8.68. The highest BCUT2D eigenvalue weighted by Crippen LogP contribution is 2.35. The van der Waals surface area contributed by atoms with Crippen molar-refractivity contribution in [3.8, 4) is 0 Å². The van der Waals surface area contributed by atoms with Crippen molar-refractivity contribution in [2.75, 3.05) is 4.72 Å². The van der Waals surface area contributed by atoms with Crippen LogP contribution in [0.1, 0.15) is 10.4 Å². The lowest BCUT2D eigenvalue weighted by Crippen LogP contribution is -2.12. The van der Waals surface area contributed by atoms with E-state index in [-0.39, 0.29) is 14.9 Å². The fourth-order valence-electron chi connectivity index (χ4n) is 1.42. The number of thiophene rings is 1. The summed E-state index contributed by atoms with van der Waals surface area (Å²) in [6.45, 7) is 0. The molecule has 1 aromatic carbocycles. The van der Waals surface area contributed by atoms with Crippen LogP contribution in [0.2, 0.25) is 5.02 Å². The molecule has 0 bridgehead atoms. The quantitative estimate of drug-likeness (QED) is 0.797. The molecule has 2 N–H and O–H groups in total. The van der Waals surface area contributed by atoms with Crippen molar-refractivity contribution >= 4 is 60.5 Å². The summed E-state index contributed by atoms with van der Waals surface area (Å²) in [7, 11) is -3.92. The van der Waals surface area contributed by atoms with Crippen molar-refractivity contribution in [3.63, 3.8) is 0 Å². The molecular weight excluding hydrogens is 409 g/mol. The van der Waals surface area contributed by atoms with Gasteiger partial charge in [-0.25, -0.2) is 17.6 Å². The van der Waals surface area contributed by atoms with Gasteiger partial charge in [-0.2, -0.15) is 0 Å². The first-order valence-electron chi connectivity index (χ1n) is 5.21. The third kappa shape index (κ3) is 3.54. The lowest BCUT2D eigenvalue weighted by atomic mass is 10.2. The van der Waals surface area contributed by atoms with Gasteiger partial charge in [0.2, 0.25) is 0 Å². The summed E-state index contributed by atoms with van der Waals surface area (Å²) in [6.07, 6.45) is 0. The molecule has 0 aliphatic carbocycles. The maximum absolute atomic E-state index is 13.5. The molecule has 2 rings (SSSR count). The smallest absolute Gasteiger partial charge is 0.338 e. The van der Waals surface area contributed by atoms with E-state index in [2.05, 4.69) is 20.7 Å². The Morgan fingerprint density at radius 2 is 2.05 bits per heavy atom. The minimum Gasteiger partial charge on any atom is -0.478 e. The highest BCUT2D eigenvalue weighted by atomic mass is 79.9. The molecule has 0 atom stereocenters. The largest absolute Gasteiger partial charge is 0.478 e. The maximum atomic E-state index is 13.5. The topological polar surface area (TPSA) is 83.5 Å². The van der Waals surface area contributed by atoms with Crippen LogP contribution in [-0.2, 0) is 10.0 Å². The molecule has 1 heterocycles. The zero-order valence-corrected chi connectivity index (χ0v) is 13.9. The fourth-order valence-corrected chi connectivity index (χ4v) is 4.86. The van der Waals surface area contributed by atoms with E-state index < -0.39 is 27.4 Å². The van der Waals surface area contributed by atoms with E-state index in [1.807, 2.05) is 0 Å². The van der Waals surface area contributed by atoms with Gasteiger partial charge >= 0.3 is 5.97 Å². The third-order valence-electron chi connectivity index (χ3n) is 2.34. The zero-order valence-electron chi connectivity index (χ0n) is 9.93. The summed E-state index contributed by atoms with van der Waals surface area (Å²) in [5.74, 6) is -2.47. The zero-order chi connectivity index (χ0) is 15.8. The fraction of sp³-hybridized carbons (Fsp3) is 0. The van der Waals surface area contributed by atoms with Crippen LogP contribution in [0.5, 0.6) is 0 Å². The van der Waals surface area contributed by atoms with Crippen molar-refractivity contribution in [1.82, 2.24) is 0 Å².